The second-order valence-electron chi connectivity index (χ2n) is 5.75. The second kappa shape index (κ2) is 8.47. The van der Waals surface area contributed by atoms with Gasteiger partial charge < -0.3 is 15.0 Å². The Morgan fingerprint density at radius 1 is 1.35 bits per heavy atom. The molecule has 0 saturated heterocycles. The third-order valence-electron chi connectivity index (χ3n) is 3.83. The molecule has 5 nitrogen and oxygen atoms in total. The number of thioether (sulfide) groups is 1. The highest BCUT2D eigenvalue weighted by Crippen LogP contribution is 2.24. The molecular weight excluding hydrogens is 370 g/mol. The number of nitrogens with one attached hydrogen (secondary N) is 2. The van der Waals surface area contributed by atoms with Gasteiger partial charge >= 0.3 is 0 Å². The van der Waals surface area contributed by atoms with Crippen LogP contribution in [0.3, 0.4) is 0 Å². The molecule has 0 saturated carbocycles. The fourth-order valence-corrected chi connectivity index (χ4v) is 3.61. The Balaban J connectivity index is 1.59. The zero-order valence-corrected chi connectivity index (χ0v) is 16.2. The first-order valence-electron chi connectivity index (χ1n) is 8.36. The average Bonchev–Trinajstić information content (AvgIpc) is 3.03. The largest absolute Gasteiger partial charge is 0.494 e. The number of nitrogens with zero attached hydrogens (tertiary/aromatic N) is 1. The molecule has 2 N–H and O–H groups in total. The van der Waals surface area contributed by atoms with Gasteiger partial charge in [0.25, 0.3) is 0 Å². The molecule has 1 atom stereocenters. The summed E-state index contributed by atoms with van der Waals surface area (Å²) in [6, 6.07) is 13.1. The minimum absolute atomic E-state index is 0.0714. The van der Waals surface area contributed by atoms with Crippen molar-refractivity contribution in [1.82, 2.24) is 15.3 Å². The summed E-state index contributed by atoms with van der Waals surface area (Å²) in [6.07, 6.45) is 0. The molecule has 3 rings (SSSR count). The van der Waals surface area contributed by atoms with E-state index in [0.717, 1.165) is 22.3 Å². The Kier molecular flexibility index (Phi) is 6.06. The van der Waals surface area contributed by atoms with Crippen LogP contribution >= 0.6 is 23.4 Å². The Bertz CT molecular complexity index is 913. The van der Waals surface area contributed by atoms with Crippen LogP contribution in [-0.2, 0) is 4.79 Å². The molecule has 7 heteroatoms. The highest BCUT2D eigenvalue weighted by molar-refractivity contribution is 7.99. The molecule has 136 valence electrons. The number of aromatic nitrogens is 2. The zero-order chi connectivity index (χ0) is 18.5. The molecular formula is C19H20ClN3O2S. The third kappa shape index (κ3) is 4.51. The number of H-pyrrole nitrogens is 1. The van der Waals surface area contributed by atoms with Crippen LogP contribution in [0.2, 0.25) is 5.02 Å². The smallest absolute Gasteiger partial charge is 0.230 e. The fourth-order valence-electron chi connectivity index (χ4n) is 2.61. The molecule has 1 amide bonds. The predicted octanol–water partition coefficient (Wildman–Crippen LogP) is 4.58. The topological polar surface area (TPSA) is 67.0 Å². The number of halogens is 1. The van der Waals surface area contributed by atoms with E-state index in [1.54, 1.807) is 0 Å². The molecule has 0 spiro atoms. The lowest BCUT2D eigenvalue weighted by Gasteiger charge is -2.15. The summed E-state index contributed by atoms with van der Waals surface area (Å²) in [7, 11) is 0. The molecule has 1 aromatic heterocycles. The van der Waals surface area contributed by atoms with Crippen molar-refractivity contribution in [1.29, 1.82) is 0 Å². The van der Waals surface area contributed by atoms with Crippen molar-refractivity contribution in [2.45, 2.75) is 25.0 Å². The van der Waals surface area contributed by atoms with Gasteiger partial charge in [-0.25, -0.2) is 4.98 Å². The molecule has 1 unspecified atom stereocenters. The summed E-state index contributed by atoms with van der Waals surface area (Å²) >= 11 is 7.54. The van der Waals surface area contributed by atoms with Gasteiger partial charge in [0.15, 0.2) is 5.16 Å². The van der Waals surface area contributed by atoms with E-state index >= 15 is 0 Å². The number of amides is 1. The first-order chi connectivity index (χ1) is 12.6. The van der Waals surface area contributed by atoms with Gasteiger partial charge in [0.1, 0.15) is 5.75 Å². The van der Waals surface area contributed by atoms with E-state index in [0.29, 0.717) is 16.8 Å². The average molecular weight is 390 g/mol. The highest BCUT2D eigenvalue weighted by atomic mass is 35.5. The number of fused-ring (bicyclic) bond motifs is 1. The van der Waals surface area contributed by atoms with E-state index in [1.165, 1.54) is 11.8 Å². The van der Waals surface area contributed by atoms with Crippen LogP contribution in [0.15, 0.2) is 47.6 Å². The van der Waals surface area contributed by atoms with Crippen molar-refractivity contribution in [2.24, 2.45) is 0 Å². The first-order valence-corrected chi connectivity index (χ1v) is 9.72. The summed E-state index contributed by atoms with van der Waals surface area (Å²) in [5.41, 5.74) is 2.64. The lowest BCUT2D eigenvalue weighted by atomic mass is 10.1. The number of carbonyl (C=O) groups is 1. The monoisotopic (exact) mass is 389 g/mol. The van der Waals surface area contributed by atoms with E-state index in [-0.39, 0.29) is 17.7 Å². The minimum Gasteiger partial charge on any atom is -0.494 e. The summed E-state index contributed by atoms with van der Waals surface area (Å²) in [5, 5.41) is 4.31. The molecule has 0 bridgehead atoms. The Labute approximate surface area is 161 Å². The molecule has 0 aliphatic rings. The van der Waals surface area contributed by atoms with Gasteiger partial charge in [-0.3, -0.25) is 4.79 Å². The van der Waals surface area contributed by atoms with Gasteiger partial charge in [0.05, 0.1) is 29.4 Å². The molecule has 26 heavy (non-hydrogen) atoms. The lowest BCUT2D eigenvalue weighted by Crippen LogP contribution is -2.28. The van der Waals surface area contributed by atoms with Crippen LogP contribution < -0.4 is 10.1 Å². The maximum atomic E-state index is 12.2. The Morgan fingerprint density at radius 3 is 2.92 bits per heavy atom. The van der Waals surface area contributed by atoms with E-state index in [4.69, 9.17) is 16.3 Å². The molecule has 0 aliphatic carbocycles. The van der Waals surface area contributed by atoms with Crippen LogP contribution in [-0.4, -0.2) is 28.2 Å². The maximum absolute atomic E-state index is 12.2. The molecule has 0 aliphatic heterocycles. The quantitative estimate of drug-likeness (QED) is 0.580. The highest BCUT2D eigenvalue weighted by Gasteiger charge is 2.13. The summed E-state index contributed by atoms with van der Waals surface area (Å²) in [5.74, 6) is 0.997. The summed E-state index contributed by atoms with van der Waals surface area (Å²) in [6.45, 7) is 4.48. The number of ether oxygens (including phenoxy) is 1. The number of carbonyl (C=O) groups excluding carboxylic acids is 1. The van der Waals surface area contributed by atoms with Crippen molar-refractivity contribution in [3.63, 3.8) is 0 Å². The lowest BCUT2D eigenvalue weighted by molar-refractivity contribution is -0.119. The van der Waals surface area contributed by atoms with Gasteiger partial charge in [0.2, 0.25) is 5.91 Å². The maximum Gasteiger partial charge on any atom is 0.230 e. The van der Waals surface area contributed by atoms with E-state index in [9.17, 15) is 4.79 Å². The first kappa shape index (κ1) is 18.6. The number of imidazole rings is 1. The van der Waals surface area contributed by atoms with Crippen molar-refractivity contribution in [3.05, 3.63) is 53.1 Å². The van der Waals surface area contributed by atoms with Gasteiger partial charge in [0, 0.05) is 11.1 Å². The van der Waals surface area contributed by atoms with Gasteiger partial charge in [-0.05, 0) is 37.6 Å². The van der Waals surface area contributed by atoms with Crippen LogP contribution in [0.5, 0.6) is 5.75 Å². The van der Waals surface area contributed by atoms with Crippen molar-refractivity contribution >= 4 is 40.3 Å². The predicted molar refractivity (Wildman–Crippen MR) is 106 cm³/mol. The Hall–Kier alpha value is -2.18. The van der Waals surface area contributed by atoms with Crippen molar-refractivity contribution in [2.75, 3.05) is 12.4 Å². The summed E-state index contributed by atoms with van der Waals surface area (Å²) < 4.78 is 5.49. The number of benzene rings is 2. The standard InChI is InChI=1S/C19H20ClN3O2S/c1-3-25-13-8-9-16-17(10-13)23-19(22-16)26-11-18(24)21-12(2)14-6-4-5-7-15(14)20/h4-10,12H,3,11H2,1-2H3,(H,21,24)(H,22,23). The van der Waals surface area contributed by atoms with Gasteiger partial charge in [-0.1, -0.05) is 41.6 Å². The van der Waals surface area contributed by atoms with Crippen molar-refractivity contribution in [3.8, 4) is 5.75 Å². The van der Waals surface area contributed by atoms with Crippen LogP contribution in [0.1, 0.15) is 25.5 Å². The second-order valence-corrected chi connectivity index (χ2v) is 7.12. The van der Waals surface area contributed by atoms with Crippen molar-refractivity contribution < 1.29 is 9.53 Å². The zero-order valence-electron chi connectivity index (χ0n) is 14.6. The minimum atomic E-state index is -0.152. The van der Waals surface area contributed by atoms with Crippen LogP contribution in [0.25, 0.3) is 11.0 Å². The van der Waals surface area contributed by atoms with Crippen LogP contribution in [0, 0.1) is 0 Å². The molecule has 0 radical (unpaired) electrons. The number of aromatic amines is 1. The molecule has 3 aromatic rings. The van der Waals surface area contributed by atoms with E-state index in [2.05, 4.69) is 15.3 Å². The number of rotatable bonds is 7. The molecule has 0 fully saturated rings. The molecule has 1 heterocycles. The van der Waals surface area contributed by atoms with Gasteiger partial charge in [-0.2, -0.15) is 0 Å². The molecule has 2 aromatic carbocycles. The third-order valence-corrected chi connectivity index (χ3v) is 5.05. The number of hydrogen-bond acceptors (Lipinski definition) is 4. The van der Waals surface area contributed by atoms with E-state index in [1.807, 2.05) is 56.3 Å². The van der Waals surface area contributed by atoms with Crippen LogP contribution in [0.4, 0.5) is 0 Å². The SMILES string of the molecule is CCOc1ccc2nc(SCC(=O)NC(C)c3ccccc3Cl)[nH]c2c1. The number of hydrogen-bond donors (Lipinski definition) is 2. The van der Waals surface area contributed by atoms with E-state index < -0.39 is 0 Å². The Morgan fingerprint density at radius 2 is 2.15 bits per heavy atom. The fraction of sp³-hybridized carbons (Fsp3) is 0.263. The summed E-state index contributed by atoms with van der Waals surface area (Å²) in [4.78, 5) is 19.9. The normalized spacial score (nSPS) is 12.1. The van der Waals surface area contributed by atoms with Gasteiger partial charge in [-0.15, -0.1) is 0 Å².